The third-order valence-electron chi connectivity index (χ3n) is 6.53. The summed E-state index contributed by atoms with van der Waals surface area (Å²) in [5.41, 5.74) is 1.68. The molecule has 4 heteroatoms. The molecular formula is C24H39IO3. The van der Waals surface area contributed by atoms with Crippen molar-refractivity contribution in [2.45, 2.75) is 108 Å². The van der Waals surface area contributed by atoms with Gasteiger partial charge in [-0.3, -0.25) is 0 Å². The van der Waals surface area contributed by atoms with Gasteiger partial charge in [0.15, 0.2) is 11.5 Å². The summed E-state index contributed by atoms with van der Waals surface area (Å²) in [5.74, 6) is -0.0495. The second-order valence-electron chi connectivity index (χ2n) is 9.52. The Hall–Kier alpha value is -0.650. The molecule has 0 amide bonds. The molecule has 0 atom stereocenters. The number of unbranched alkanes of at least 4 members (excludes halogenated alkanes) is 4. The summed E-state index contributed by atoms with van der Waals surface area (Å²) in [4.78, 5) is 0. The minimum Gasteiger partial charge on any atom is -0.507 e. The van der Waals surface area contributed by atoms with Crippen LogP contribution in [0.15, 0.2) is 6.07 Å². The van der Waals surface area contributed by atoms with Crippen molar-refractivity contribution in [3.05, 3.63) is 17.2 Å². The predicted molar refractivity (Wildman–Crippen MR) is 126 cm³/mol. The van der Waals surface area contributed by atoms with Gasteiger partial charge in [-0.15, -0.1) is 0 Å². The molecule has 3 N–H and O–H groups in total. The molecule has 28 heavy (non-hydrogen) atoms. The van der Waals surface area contributed by atoms with Crippen LogP contribution in [0.1, 0.15) is 103 Å². The molecule has 0 aliphatic heterocycles. The molecule has 1 aromatic carbocycles. The Morgan fingerprint density at radius 3 is 2.21 bits per heavy atom. The first-order chi connectivity index (χ1) is 13.2. The van der Waals surface area contributed by atoms with E-state index in [-0.39, 0.29) is 17.2 Å². The monoisotopic (exact) mass is 502 g/mol. The fourth-order valence-corrected chi connectivity index (χ4v) is 4.42. The Morgan fingerprint density at radius 1 is 0.929 bits per heavy atom. The van der Waals surface area contributed by atoms with E-state index in [4.69, 9.17) is 0 Å². The molecule has 0 aromatic heterocycles. The molecular weight excluding hydrogens is 463 g/mol. The summed E-state index contributed by atoms with van der Waals surface area (Å²) >= 11 is 2.59. The maximum atomic E-state index is 10.6. The van der Waals surface area contributed by atoms with E-state index in [9.17, 15) is 15.3 Å². The van der Waals surface area contributed by atoms with E-state index < -0.39 is 0 Å². The van der Waals surface area contributed by atoms with Crippen molar-refractivity contribution in [3.63, 3.8) is 0 Å². The van der Waals surface area contributed by atoms with Gasteiger partial charge in [-0.05, 0) is 68.4 Å². The van der Waals surface area contributed by atoms with Crippen molar-refractivity contribution in [2.75, 3.05) is 0 Å². The lowest BCUT2D eigenvalue weighted by atomic mass is 9.84. The van der Waals surface area contributed by atoms with Crippen LogP contribution in [0.25, 0.3) is 0 Å². The number of hydrogen-bond donors (Lipinski definition) is 3. The van der Waals surface area contributed by atoms with Crippen LogP contribution >= 0.6 is 22.6 Å². The van der Waals surface area contributed by atoms with Gasteiger partial charge in [0.05, 0.1) is 0 Å². The van der Waals surface area contributed by atoms with Crippen LogP contribution < -0.4 is 0 Å². The number of alkyl halides is 1. The minimum absolute atomic E-state index is 0.0980. The third kappa shape index (κ3) is 7.31. The molecule has 1 aliphatic rings. The largest absolute Gasteiger partial charge is 0.507 e. The van der Waals surface area contributed by atoms with Crippen molar-refractivity contribution in [1.29, 1.82) is 0 Å². The molecule has 0 heterocycles. The minimum atomic E-state index is -0.143. The summed E-state index contributed by atoms with van der Waals surface area (Å²) in [6.07, 6.45) is 14.3. The predicted octanol–water partition coefficient (Wildman–Crippen LogP) is 7.41. The van der Waals surface area contributed by atoms with Crippen LogP contribution in [0.2, 0.25) is 0 Å². The van der Waals surface area contributed by atoms with Gasteiger partial charge >= 0.3 is 0 Å². The zero-order chi connectivity index (χ0) is 20.8. The first-order valence-electron chi connectivity index (χ1n) is 11.1. The molecule has 160 valence electrons. The molecule has 3 nitrogen and oxygen atoms in total. The van der Waals surface area contributed by atoms with Gasteiger partial charge < -0.3 is 15.3 Å². The highest BCUT2D eigenvalue weighted by Crippen LogP contribution is 2.49. The van der Waals surface area contributed by atoms with E-state index in [2.05, 4.69) is 43.4 Å². The first kappa shape index (κ1) is 23.6. The topological polar surface area (TPSA) is 60.7 Å². The van der Waals surface area contributed by atoms with Crippen molar-refractivity contribution in [2.24, 2.45) is 5.41 Å². The average Bonchev–Trinajstić information content (AvgIpc) is 3.38. The van der Waals surface area contributed by atoms with Crippen molar-refractivity contribution in [3.8, 4) is 17.2 Å². The first-order valence-corrected chi connectivity index (χ1v) is 12.2. The van der Waals surface area contributed by atoms with Gasteiger partial charge in [0, 0.05) is 8.99 Å². The van der Waals surface area contributed by atoms with Crippen molar-refractivity contribution >= 4 is 22.6 Å². The van der Waals surface area contributed by atoms with Crippen LogP contribution in [0.5, 0.6) is 17.2 Å². The van der Waals surface area contributed by atoms with Crippen LogP contribution in [0.3, 0.4) is 0 Å². The van der Waals surface area contributed by atoms with Crippen LogP contribution in [0.4, 0.5) is 0 Å². The SMILES string of the molecule is CCC(C)(C)CCCCCc1c(O)c(O)cc(CCCCCC2(I)CC2)c1O. The Balaban J connectivity index is 1.82. The van der Waals surface area contributed by atoms with Crippen LogP contribution in [0, 0.1) is 5.41 Å². The van der Waals surface area contributed by atoms with Gasteiger partial charge in [-0.25, -0.2) is 0 Å². The van der Waals surface area contributed by atoms with Crippen LogP contribution in [-0.4, -0.2) is 18.7 Å². The number of aromatic hydroxyl groups is 3. The molecule has 1 aliphatic carbocycles. The fraction of sp³-hybridized carbons (Fsp3) is 0.750. The number of hydrogen-bond acceptors (Lipinski definition) is 3. The maximum absolute atomic E-state index is 10.6. The summed E-state index contributed by atoms with van der Waals surface area (Å²) in [5, 5.41) is 31.0. The maximum Gasteiger partial charge on any atom is 0.164 e. The van der Waals surface area contributed by atoms with E-state index in [0.29, 0.717) is 20.8 Å². The second kappa shape index (κ2) is 10.4. The molecule has 1 fully saturated rings. The summed E-state index contributed by atoms with van der Waals surface area (Å²) in [6, 6.07) is 1.54. The summed E-state index contributed by atoms with van der Waals surface area (Å²) in [6.45, 7) is 6.84. The average molecular weight is 502 g/mol. The molecule has 0 radical (unpaired) electrons. The van der Waals surface area contributed by atoms with Gasteiger partial charge in [-0.2, -0.15) is 0 Å². The smallest absolute Gasteiger partial charge is 0.164 e. The zero-order valence-corrected chi connectivity index (χ0v) is 20.1. The number of phenolic OH excluding ortho intramolecular Hbond substituents is 3. The summed E-state index contributed by atoms with van der Waals surface area (Å²) < 4.78 is 0.580. The number of benzene rings is 1. The summed E-state index contributed by atoms with van der Waals surface area (Å²) in [7, 11) is 0. The number of halogens is 1. The Morgan fingerprint density at radius 2 is 1.57 bits per heavy atom. The van der Waals surface area contributed by atoms with E-state index in [1.54, 1.807) is 6.07 Å². The second-order valence-corrected chi connectivity index (χ2v) is 11.8. The van der Waals surface area contributed by atoms with Gasteiger partial charge in [0.1, 0.15) is 5.75 Å². The van der Waals surface area contributed by atoms with E-state index in [1.165, 1.54) is 38.5 Å². The molecule has 0 spiro atoms. The Bertz CT molecular complexity index is 635. The third-order valence-corrected chi connectivity index (χ3v) is 8.15. The molecule has 2 rings (SSSR count). The molecule has 0 saturated heterocycles. The van der Waals surface area contributed by atoms with Gasteiger partial charge in [-0.1, -0.05) is 75.5 Å². The molecule has 1 saturated carbocycles. The number of phenols is 3. The van der Waals surface area contributed by atoms with Crippen LogP contribution in [-0.2, 0) is 12.8 Å². The lowest BCUT2D eigenvalue weighted by molar-refractivity contribution is 0.307. The number of aryl methyl sites for hydroxylation is 1. The van der Waals surface area contributed by atoms with Gasteiger partial charge in [0.25, 0.3) is 0 Å². The van der Waals surface area contributed by atoms with Crippen molar-refractivity contribution in [1.82, 2.24) is 0 Å². The van der Waals surface area contributed by atoms with E-state index in [1.807, 2.05) is 0 Å². The van der Waals surface area contributed by atoms with Crippen molar-refractivity contribution < 1.29 is 15.3 Å². The standard InChI is InChI=1S/C24H39IO3/c1-4-23(2,3)13-9-6-8-12-19-21(27)18(17-20(26)22(19)28)11-7-5-10-14-24(25)15-16-24/h17,26-28H,4-16H2,1-3H3. The lowest BCUT2D eigenvalue weighted by Crippen LogP contribution is -2.08. The highest BCUT2D eigenvalue weighted by Gasteiger charge is 2.38. The highest BCUT2D eigenvalue weighted by molar-refractivity contribution is 14.1. The van der Waals surface area contributed by atoms with Gasteiger partial charge in [0.2, 0.25) is 0 Å². The lowest BCUT2D eigenvalue weighted by Gasteiger charge is -2.22. The van der Waals surface area contributed by atoms with E-state index >= 15 is 0 Å². The number of rotatable bonds is 13. The zero-order valence-electron chi connectivity index (χ0n) is 18.0. The molecule has 0 unspecified atom stereocenters. The normalized spacial score (nSPS) is 15.7. The quantitative estimate of drug-likeness (QED) is 0.0865. The molecule has 0 bridgehead atoms. The van der Waals surface area contributed by atoms with E-state index in [0.717, 1.165) is 44.1 Å². The Labute approximate surface area is 185 Å². The molecule has 1 aromatic rings. The highest BCUT2D eigenvalue weighted by atomic mass is 127. The fourth-order valence-electron chi connectivity index (χ4n) is 3.77. The Kier molecular flexibility index (Phi) is 8.78.